The third-order valence-corrected chi connectivity index (χ3v) is 6.28. The zero-order chi connectivity index (χ0) is 22.3. The molecule has 0 radical (unpaired) electrons. The van der Waals surface area contributed by atoms with Crippen molar-refractivity contribution < 1.29 is 4.79 Å². The molecule has 9 nitrogen and oxygen atoms in total. The minimum absolute atomic E-state index is 0.231. The summed E-state index contributed by atoms with van der Waals surface area (Å²) in [7, 11) is 0. The second-order valence-electron chi connectivity index (χ2n) is 8.61. The lowest BCUT2D eigenvalue weighted by Crippen LogP contribution is -2.48. The van der Waals surface area contributed by atoms with Crippen molar-refractivity contribution in [3.8, 4) is 5.69 Å². The monoisotopic (exact) mass is 439 g/mol. The van der Waals surface area contributed by atoms with Crippen molar-refractivity contribution >= 4 is 11.8 Å². The van der Waals surface area contributed by atoms with Gasteiger partial charge < -0.3 is 21.3 Å². The molecule has 172 valence electrons. The van der Waals surface area contributed by atoms with Gasteiger partial charge in [-0.2, -0.15) is 4.98 Å². The molecule has 0 unspecified atom stereocenters. The molecule has 9 heteroatoms. The normalized spacial score (nSPS) is 21.3. The Balaban J connectivity index is 1.30. The Kier molecular flexibility index (Phi) is 7.51. The first-order valence-electron chi connectivity index (χ1n) is 11.5. The van der Waals surface area contributed by atoms with Crippen LogP contribution in [0.25, 0.3) is 5.69 Å². The van der Waals surface area contributed by atoms with E-state index in [-0.39, 0.29) is 11.8 Å². The maximum atomic E-state index is 12.5. The van der Waals surface area contributed by atoms with Gasteiger partial charge in [-0.3, -0.25) is 9.88 Å². The zero-order valence-electron chi connectivity index (χ0n) is 18.4. The molecular weight excluding hydrogens is 406 g/mol. The van der Waals surface area contributed by atoms with Crippen LogP contribution >= 0.6 is 0 Å². The number of anilines is 1. The van der Waals surface area contributed by atoms with Crippen LogP contribution in [0.2, 0.25) is 0 Å². The summed E-state index contributed by atoms with van der Waals surface area (Å²) >= 11 is 0. The summed E-state index contributed by atoms with van der Waals surface area (Å²) < 4.78 is 1.48. The van der Waals surface area contributed by atoms with E-state index in [0.29, 0.717) is 25.2 Å². The molecule has 2 aromatic rings. The number of nitrogens with zero attached hydrogens (tertiary/aromatic N) is 3. The number of carbonyl (C=O) groups excluding carboxylic acids is 1. The van der Waals surface area contributed by atoms with E-state index >= 15 is 0 Å². The first-order chi connectivity index (χ1) is 15.6. The van der Waals surface area contributed by atoms with E-state index in [1.165, 1.54) is 10.1 Å². The maximum absolute atomic E-state index is 12.5. The summed E-state index contributed by atoms with van der Waals surface area (Å²) in [5.41, 5.74) is 7.52. The van der Waals surface area contributed by atoms with Gasteiger partial charge in [0.05, 0.1) is 5.69 Å². The number of hydrogen-bond acceptors (Lipinski definition) is 6. The molecule has 1 saturated heterocycles. The van der Waals surface area contributed by atoms with Crippen LogP contribution in [0.3, 0.4) is 0 Å². The molecule has 2 fully saturated rings. The standard InChI is InChI=1S/C23H33N7O2/c24-18-3-5-19(6-4-18)26-11-9-17-1-7-20(8-2-17)30-14-10-21(28-23(30)32)27-22(31)29-15-12-25-13-16-29/h1-2,7-8,10,14,18-19,25-26H,3-6,9,11-13,15-16,24H2,(H,27,28,31,32)/t18-,19+. The topological polar surface area (TPSA) is 117 Å². The van der Waals surface area contributed by atoms with Crippen molar-refractivity contribution in [3.63, 3.8) is 0 Å². The van der Waals surface area contributed by atoms with E-state index in [0.717, 1.165) is 57.4 Å². The number of rotatable bonds is 6. The van der Waals surface area contributed by atoms with Gasteiger partial charge >= 0.3 is 11.7 Å². The van der Waals surface area contributed by atoms with Crippen LogP contribution in [-0.4, -0.2) is 65.3 Å². The highest BCUT2D eigenvalue weighted by molar-refractivity contribution is 5.88. The van der Waals surface area contributed by atoms with Crippen LogP contribution < -0.4 is 27.4 Å². The lowest BCUT2D eigenvalue weighted by molar-refractivity contribution is 0.204. The van der Waals surface area contributed by atoms with Crippen molar-refractivity contribution in [2.45, 2.75) is 44.2 Å². The fraction of sp³-hybridized carbons (Fsp3) is 0.522. The van der Waals surface area contributed by atoms with Crippen molar-refractivity contribution in [2.75, 3.05) is 38.0 Å². The van der Waals surface area contributed by atoms with E-state index in [2.05, 4.69) is 20.9 Å². The number of benzene rings is 1. The van der Waals surface area contributed by atoms with Crippen LogP contribution in [0.1, 0.15) is 31.2 Å². The van der Waals surface area contributed by atoms with Crippen LogP contribution in [-0.2, 0) is 6.42 Å². The van der Waals surface area contributed by atoms with Crippen molar-refractivity contribution in [1.82, 2.24) is 25.1 Å². The van der Waals surface area contributed by atoms with Crippen LogP contribution in [0, 0.1) is 0 Å². The van der Waals surface area contributed by atoms with Crippen LogP contribution in [0.15, 0.2) is 41.3 Å². The molecule has 2 amide bonds. The summed E-state index contributed by atoms with van der Waals surface area (Å²) in [6, 6.07) is 10.3. The summed E-state index contributed by atoms with van der Waals surface area (Å²) in [5.74, 6) is 0.265. The Morgan fingerprint density at radius 3 is 2.50 bits per heavy atom. The van der Waals surface area contributed by atoms with E-state index < -0.39 is 5.69 Å². The Hall–Kier alpha value is -2.75. The fourth-order valence-electron chi connectivity index (χ4n) is 4.29. The first-order valence-corrected chi connectivity index (χ1v) is 11.5. The van der Waals surface area contributed by atoms with Crippen molar-refractivity contribution in [2.24, 2.45) is 5.73 Å². The molecule has 2 aliphatic rings. The molecule has 4 rings (SSSR count). The average Bonchev–Trinajstić information content (AvgIpc) is 2.82. The predicted octanol–water partition coefficient (Wildman–Crippen LogP) is 1.07. The molecule has 0 atom stereocenters. The Morgan fingerprint density at radius 2 is 1.81 bits per heavy atom. The lowest BCUT2D eigenvalue weighted by Gasteiger charge is -2.27. The Labute approximate surface area is 188 Å². The number of amides is 2. The molecule has 1 aliphatic heterocycles. The first kappa shape index (κ1) is 22.4. The molecule has 1 saturated carbocycles. The molecule has 0 spiro atoms. The van der Waals surface area contributed by atoms with Gasteiger partial charge in [0.1, 0.15) is 5.82 Å². The number of urea groups is 1. The Morgan fingerprint density at radius 1 is 1.09 bits per heavy atom. The van der Waals surface area contributed by atoms with Gasteiger partial charge in [0.2, 0.25) is 0 Å². The van der Waals surface area contributed by atoms with E-state index in [4.69, 9.17) is 5.73 Å². The number of nitrogens with one attached hydrogen (secondary N) is 3. The molecule has 0 bridgehead atoms. The van der Waals surface area contributed by atoms with Crippen molar-refractivity contribution in [3.05, 3.63) is 52.6 Å². The van der Waals surface area contributed by atoms with Gasteiger partial charge in [-0.25, -0.2) is 9.59 Å². The third-order valence-electron chi connectivity index (χ3n) is 6.28. The van der Waals surface area contributed by atoms with Gasteiger partial charge in [-0.15, -0.1) is 0 Å². The molecule has 2 heterocycles. The van der Waals surface area contributed by atoms with Gasteiger partial charge in [0, 0.05) is 44.5 Å². The summed E-state index contributed by atoms with van der Waals surface area (Å²) in [5, 5.41) is 9.54. The number of piperazine rings is 1. The molecule has 1 aromatic carbocycles. The second kappa shape index (κ2) is 10.7. The minimum Gasteiger partial charge on any atom is -0.328 e. The zero-order valence-corrected chi connectivity index (χ0v) is 18.4. The Bertz CT molecular complexity index is 946. The molecule has 1 aromatic heterocycles. The highest BCUT2D eigenvalue weighted by Gasteiger charge is 2.18. The van der Waals surface area contributed by atoms with Crippen LogP contribution in [0.4, 0.5) is 10.6 Å². The largest absolute Gasteiger partial charge is 0.354 e. The van der Waals surface area contributed by atoms with E-state index in [9.17, 15) is 9.59 Å². The highest BCUT2D eigenvalue weighted by Crippen LogP contribution is 2.17. The van der Waals surface area contributed by atoms with Gasteiger partial charge in [-0.05, 0) is 62.4 Å². The van der Waals surface area contributed by atoms with Gasteiger partial charge in [0.15, 0.2) is 0 Å². The molecule has 1 aliphatic carbocycles. The second-order valence-corrected chi connectivity index (χ2v) is 8.61. The number of aromatic nitrogens is 2. The lowest BCUT2D eigenvalue weighted by atomic mass is 9.92. The minimum atomic E-state index is -0.423. The predicted molar refractivity (Wildman–Crippen MR) is 125 cm³/mol. The quantitative estimate of drug-likeness (QED) is 0.535. The fourth-order valence-corrected chi connectivity index (χ4v) is 4.29. The third kappa shape index (κ3) is 5.93. The van der Waals surface area contributed by atoms with Gasteiger partial charge in [-0.1, -0.05) is 12.1 Å². The SMILES string of the molecule is N[C@H]1CC[C@@H](NCCc2ccc(-n3ccc(NC(=O)N4CCNCC4)nc3=O)cc2)CC1. The van der Waals surface area contributed by atoms with Gasteiger partial charge in [0.25, 0.3) is 0 Å². The smallest absolute Gasteiger partial charge is 0.328 e. The van der Waals surface area contributed by atoms with Crippen LogP contribution in [0.5, 0.6) is 0 Å². The number of carbonyl (C=O) groups is 1. The van der Waals surface area contributed by atoms with Crippen molar-refractivity contribution in [1.29, 1.82) is 0 Å². The molecular formula is C23H33N7O2. The summed E-state index contributed by atoms with van der Waals surface area (Å²) in [6.07, 6.45) is 7.10. The molecule has 32 heavy (non-hydrogen) atoms. The molecule has 5 N–H and O–H groups in total. The maximum Gasteiger partial charge on any atom is 0.354 e. The number of nitrogens with two attached hydrogens (primary N) is 1. The van der Waals surface area contributed by atoms with E-state index in [1.807, 2.05) is 24.3 Å². The average molecular weight is 440 g/mol. The highest BCUT2D eigenvalue weighted by atomic mass is 16.2. The number of hydrogen-bond donors (Lipinski definition) is 4. The van der Waals surface area contributed by atoms with E-state index in [1.54, 1.807) is 17.2 Å². The summed E-state index contributed by atoms with van der Waals surface area (Å²) in [4.78, 5) is 30.5. The summed E-state index contributed by atoms with van der Waals surface area (Å²) in [6.45, 7) is 3.75.